The van der Waals surface area contributed by atoms with Crippen molar-refractivity contribution >= 4 is 29.1 Å². The Morgan fingerprint density at radius 1 is 1.35 bits per heavy atom. The van der Waals surface area contributed by atoms with Gasteiger partial charge in [-0.05, 0) is 18.2 Å². The van der Waals surface area contributed by atoms with Gasteiger partial charge in [-0.15, -0.1) is 0 Å². The van der Waals surface area contributed by atoms with Crippen LogP contribution in [0.15, 0.2) is 18.2 Å². The Labute approximate surface area is 121 Å². The molecule has 1 saturated heterocycles. The van der Waals surface area contributed by atoms with E-state index in [-0.39, 0.29) is 11.3 Å². The number of halogens is 1. The molecule has 1 aromatic carbocycles. The third kappa shape index (κ3) is 3.26. The molecule has 0 atom stereocenters. The number of nitrogens with one attached hydrogen (secondary N) is 2. The molecular weight excluding hydrogens is 280 g/mol. The highest BCUT2D eigenvalue weighted by Crippen LogP contribution is 2.20. The van der Waals surface area contributed by atoms with Gasteiger partial charge >= 0.3 is 11.8 Å². The molecule has 1 aliphatic heterocycles. The Bertz CT molecular complexity index is 576. The van der Waals surface area contributed by atoms with Gasteiger partial charge in [0.2, 0.25) is 0 Å². The van der Waals surface area contributed by atoms with Crippen LogP contribution >= 0.6 is 11.6 Å². The number of carbonyl (C=O) groups is 2. The van der Waals surface area contributed by atoms with E-state index in [1.54, 1.807) is 6.07 Å². The van der Waals surface area contributed by atoms with Crippen LogP contribution in [0.25, 0.3) is 0 Å². The molecule has 0 aliphatic carbocycles. The minimum Gasteiger partial charge on any atom is -0.332 e. The van der Waals surface area contributed by atoms with Crippen molar-refractivity contribution in [3.63, 3.8) is 0 Å². The van der Waals surface area contributed by atoms with Crippen LogP contribution in [-0.2, 0) is 9.59 Å². The van der Waals surface area contributed by atoms with Crippen molar-refractivity contribution in [3.05, 3.63) is 28.8 Å². The Kier molecular flexibility index (Phi) is 4.56. The Balaban J connectivity index is 2.09. The molecule has 20 heavy (non-hydrogen) atoms. The quantitative estimate of drug-likeness (QED) is 0.742. The van der Waals surface area contributed by atoms with Crippen LogP contribution in [0.2, 0.25) is 5.02 Å². The number of nitrogens with zero attached hydrogens (tertiary/aromatic N) is 2. The van der Waals surface area contributed by atoms with E-state index in [0.717, 1.165) is 0 Å². The molecule has 7 heteroatoms. The summed E-state index contributed by atoms with van der Waals surface area (Å²) in [7, 11) is 0. The number of benzene rings is 1. The van der Waals surface area contributed by atoms with E-state index in [1.807, 2.05) is 6.07 Å². The van der Waals surface area contributed by atoms with Gasteiger partial charge in [-0.2, -0.15) is 5.26 Å². The van der Waals surface area contributed by atoms with E-state index in [0.29, 0.717) is 31.2 Å². The molecule has 0 aromatic heterocycles. The lowest BCUT2D eigenvalue weighted by atomic mass is 10.2. The van der Waals surface area contributed by atoms with Crippen molar-refractivity contribution in [2.24, 2.45) is 0 Å². The minimum absolute atomic E-state index is 0.244. The van der Waals surface area contributed by atoms with Crippen molar-refractivity contribution < 1.29 is 9.59 Å². The van der Waals surface area contributed by atoms with Crippen LogP contribution in [0.3, 0.4) is 0 Å². The Morgan fingerprint density at radius 2 is 2.05 bits per heavy atom. The number of hydrogen-bond acceptors (Lipinski definition) is 4. The van der Waals surface area contributed by atoms with Gasteiger partial charge in [0.15, 0.2) is 0 Å². The molecule has 0 radical (unpaired) electrons. The zero-order chi connectivity index (χ0) is 14.5. The molecule has 104 valence electrons. The van der Waals surface area contributed by atoms with Gasteiger partial charge in [0.05, 0.1) is 11.3 Å². The molecule has 0 unspecified atom stereocenters. The molecule has 2 amide bonds. The molecule has 1 aromatic rings. The molecular formula is C13H13ClN4O2. The fraction of sp³-hybridized carbons (Fsp3) is 0.308. The van der Waals surface area contributed by atoms with Crippen molar-refractivity contribution in [3.8, 4) is 6.07 Å². The van der Waals surface area contributed by atoms with Crippen LogP contribution in [0.1, 0.15) is 5.56 Å². The zero-order valence-corrected chi connectivity index (χ0v) is 11.4. The van der Waals surface area contributed by atoms with E-state index >= 15 is 0 Å². The highest BCUT2D eigenvalue weighted by atomic mass is 35.5. The highest BCUT2D eigenvalue weighted by molar-refractivity contribution is 6.40. The predicted molar refractivity (Wildman–Crippen MR) is 74.2 cm³/mol. The van der Waals surface area contributed by atoms with Gasteiger partial charge in [-0.25, -0.2) is 0 Å². The number of anilines is 1. The third-order valence-electron chi connectivity index (χ3n) is 2.95. The molecule has 1 heterocycles. The molecule has 1 fully saturated rings. The molecule has 0 spiro atoms. The van der Waals surface area contributed by atoms with Gasteiger partial charge < -0.3 is 15.5 Å². The van der Waals surface area contributed by atoms with E-state index < -0.39 is 11.8 Å². The van der Waals surface area contributed by atoms with Crippen molar-refractivity contribution in [1.29, 1.82) is 5.26 Å². The van der Waals surface area contributed by atoms with Crippen LogP contribution in [-0.4, -0.2) is 42.9 Å². The normalized spacial score (nSPS) is 14.5. The first-order valence-corrected chi connectivity index (χ1v) is 6.50. The molecule has 2 N–H and O–H groups in total. The van der Waals surface area contributed by atoms with Gasteiger partial charge in [-0.3, -0.25) is 9.59 Å². The third-order valence-corrected chi connectivity index (χ3v) is 3.18. The van der Waals surface area contributed by atoms with Crippen LogP contribution < -0.4 is 10.6 Å². The van der Waals surface area contributed by atoms with E-state index in [9.17, 15) is 9.59 Å². The summed E-state index contributed by atoms with van der Waals surface area (Å²) in [5, 5.41) is 14.9. The summed E-state index contributed by atoms with van der Waals surface area (Å²) < 4.78 is 0. The lowest BCUT2D eigenvalue weighted by Crippen LogP contribution is -2.49. The zero-order valence-electron chi connectivity index (χ0n) is 10.6. The van der Waals surface area contributed by atoms with Crippen LogP contribution in [0.5, 0.6) is 0 Å². The summed E-state index contributed by atoms with van der Waals surface area (Å²) in [4.78, 5) is 25.3. The van der Waals surface area contributed by atoms with Crippen molar-refractivity contribution in [1.82, 2.24) is 10.2 Å². The monoisotopic (exact) mass is 292 g/mol. The average molecular weight is 293 g/mol. The topological polar surface area (TPSA) is 85.2 Å². The minimum atomic E-state index is -0.759. The SMILES string of the molecule is N#Cc1ccc(Cl)cc1NC(=O)C(=O)N1CCNCC1. The maximum Gasteiger partial charge on any atom is 0.313 e. The Hall–Kier alpha value is -2.10. The molecule has 0 saturated carbocycles. The van der Waals surface area contributed by atoms with Crippen molar-refractivity contribution in [2.45, 2.75) is 0 Å². The fourth-order valence-corrected chi connectivity index (χ4v) is 2.08. The summed E-state index contributed by atoms with van der Waals surface area (Å²) in [6.07, 6.45) is 0. The van der Waals surface area contributed by atoms with Crippen LogP contribution in [0, 0.1) is 11.3 Å². The van der Waals surface area contributed by atoms with E-state index in [1.165, 1.54) is 17.0 Å². The lowest BCUT2D eigenvalue weighted by Gasteiger charge is -2.26. The van der Waals surface area contributed by atoms with Gasteiger partial charge in [-0.1, -0.05) is 11.6 Å². The number of amides is 2. The summed E-state index contributed by atoms with van der Waals surface area (Å²) in [6, 6.07) is 6.43. The number of rotatable bonds is 1. The largest absolute Gasteiger partial charge is 0.332 e. The number of carbonyl (C=O) groups excluding carboxylic acids is 2. The van der Waals surface area contributed by atoms with Gasteiger partial charge in [0, 0.05) is 31.2 Å². The second-order valence-electron chi connectivity index (χ2n) is 4.30. The summed E-state index contributed by atoms with van der Waals surface area (Å²) in [5.41, 5.74) is 0.504. The maximum absolute atomic E-state index is 12.0. The van der Waals surface area contributed by atoms with E-state index in [4.69, 9.17) is 16.9 Å². The Morgan fingerprint density at radius 3 is 2.70 bits per heavy atom. The number of hydrogen-bond donors (Lipinski definition) is 2. The maximum atomic E-state index is 12.0. The highest BCUT2D eigenvalue weighted by Gasteiger charge is 2.23. The van der Waals surface area contributed by atoms with Gasteiger partial charge in [0.1, 0.15) is 6.07 Å². The number of piperazine rings is 1. The standard InChI is InChI=1S/C13H13ClN4O2/c14-10-2-1-9(8-15)11(7-10)17-12(19)13(20)18-5-3-16-4-6-18/h1-2,7,16H,3-6H2,(H,17,19). The molecule has 2 rings (SSSR count). The average Bonchev–Trinajstić information content (AvgIpc) is 2.47. The first kappa shape index (κ1) is 14.3. The second kappa shape index (κ2) is 6.37. The lowest BCUT2D eigenvalue weighted by molar-refractivity contribution is -0.143. The molecule has 6 nitrogen and oxygen atoms in total. The van der Waals surface area contributed by atoms with Crippen molar-refractivity contribution in [2.75, 3.05) is 31.5 Å². The predicted octanol–water partition coefficient (Wildman–Crippen LogP) is 0.582. The first-order chi connectivity index (χ1) is 9.61. The summed E-state index contributed by atoms with van der Waals surface area (Å²) >= 11 is 5.82. The van der Waals surface area contributed by atoms with Crippen LogP contribution in [0.4, 0.5) is 5.69 Å². The number of nitriles is 1. The smallest absolute Gasteiger partial charge is 0.313 e. The second-order valence-corrected chi connectivity index (χ2v) is 4.73. The van der Waals surface area contributed by atoms with Gasteiger partial charge in [0.25, 0.3) is 0 Å². The summed E-state index contributed by atoms with van der Waals surface area (Å²) in [5.74, 6) is -1.36. The van der Waals surface area contributed by atoms with E-state index in [2.05, 4.69) is 10.6 Å². The molecule has 1 aliphatic rings. The fourth-order valence-electron chi connectivity index (χ4n) is 1.90. The first-order valence-electron chi connectivity index (χ1n) is 6.12. The summed E-state index contributed by atoms with van der Waals surface area (Å²) in [6.45, 7) is 2.32. The molecule has 0 bridgehead atoms.